The number of nitrogens with zero attached hydrogens (tertiary/aromatic N) is 1. The fraction of sp³-hybridized carbons (Fsp3) is 0.955. The summed E-state index contributed by atoms with van der Waals surface area (Å²) in [7, 11) is 0. The molecule has 0 saturated heterocycles. The molecule has 5 atom stereocenters. The van der Waals surface area contributed by atoms with E-state index in [1.807, 2.05) is 0 Å². The first-order valence-corrected chi connectivity index (χ1v) is 10.5. The number of oxime groups is 1. The van der Waals surface area contributed by atoms with Gasteiger partial charge in [-0.05, 0) is 86.9 Å². The third-order valence-electron chi connectivity index (χ3n) is 9.60. The first-order valence-electron chi connectivity index (χ1n) is 10.5. The molecular weight excluding hydrogens is 294 g/mol. The zero-order chi connectivity index (χ0) is 17.2. The Labute approximate surface area is 148 Å². The van der Waals surface area contributed by atoms with E-state index in [-0.39, 0.29) is 5.60 Å². The van der Waals surface area contributed by atoms with E-state index in [0.29, 0.717) is 22.2 Å². The third-order valence-corrected chi connectivity index (χ3v) is 9.60. The van der Waals surface area contributed by atoms with Crippen molar-refractivity contribution in [3.05, 3.63) is 0 Å². The first kappa shape index (κ1) is 16.9. The Morgan fingerprint density at radius 3 is 2.38 bits per heavy atom. The van der Waals surface area contributed by atoms with Crippen molar-refractivity contribution < 1.29 is 4.84 Å². The molecule has 2 heteroatoms. The highest BCUT2D eigenvalue weighted by atomic mass is 16.6. The Hall–Kier alpha value is -0.530. The van der Waals surface area contributed by atoms with Gasteiger partial charge in [0.2, 0.25) is 0 Å². The Balaban J connectivity index is 1.62. The summed E-state index contributed by atoms with van der Waals surface area (Å²) in [6.45, 7) is 12.6. The van der Waals surface area contributed by atoms with Crippen LogP contribution in [0.4, 0.5) is 0 Å². The van der Waals surface area contributed by atoms with Crippen molar-refractivity contribution in [2.45, 2.75) is 104 Å². The Morgan fingerprint density at radius 2 is 1.67 bits per heavy atom. The molecule has 0 aromatic rings. The lowest BCUT2D eigenvalue weighted by Crippen LogP contribution is -2.45. The molecule has 4 rings (SSSR count). The van der Waals surface area contributed by atoms with E-state index >= 15 is 0 Å². The summed E-state index contributed by atoms with van der Waals surface area (Å²) in [6.07, 6.45) is 13.0. The second-order valence-corrected chi connectivity index (χ2v) is 10.5. The molecule has 0 aromatic heterocycles. The van der Waals surface area contributed by atoms with Gasteiger partial charge in [0.15, 0.2) is 0 Å². The molecule has 0 radical (unpaired) electrons. The SMILES string of the molecule is C[C@@H]1CC[C@@]2(C)C(C)(C)[C@H]3C[C@@]12CC[C@@]3(C)ON=C1CCCCC1. The van der Waals surface area contributed by atoms with E-state index in [1.165, 1.54) is 57.1 Å². The van der Waals surface area contributed by atoms with Gasteiger partial charge in [0.25, 0.3) is 0 Å². The van der Waals surface area contributed by atoms with Crippen LogP contribution in [0.1, 0.15) is 98.8 Å². The smallest absolute Gasteiger partial charge is 0.138 e. The molecule has 2 bridgehead atoms. The molecule has 4 aliphatic rings. The van der Waals surface area contributed by atoms with E-state index < -0.39 is 0 Å². The van der Waals surface area contributed by atoms with Gasteiger partial charge >= 0.3 is 0 Å². The second kappa shape index (κ2) is 5.24. The van der Waals surface area contributed by atoms with Crippen molar-refractivity contribution >= 4 is 5.71 Å². The molecule has 0 N–H and O–H groups in total. The van der Waals surface area contributed by atoms with E-state index in [0.717, 1.165) is 18.8 Å². The van der Waals surface area contributed by atoms with Gasteiger partial charge in [-0.1, -0.05) is 39.3 Å². The lowest BCUT2D eigenvalue weighted by Gasteiger charge is -2.47. The summed E-state index contributed by atoms with van der Waals surface area (Å²) in [6, 6.07) is 0. The standard InChI is InChI=1S/C22H37NO/c1-16-11-12-21(5)19(2,3)18-15-22(16,21)14-13-20(18,4)24-23-17-9-7-6-8-10-17/h16,18H,6-15H2,1-5H3/t16-,18-,20-,21+,22+/m1/s1. The average molecular weight is 332 g/mol. The molecular formula is C22H37NO. The minimum Gasteiger partial charge on any atom is -0.389 e. The van der Waals surface area contributed by atoms with Crippen LogP contribution in [0, 0.1) is 28.1 Å². The Kier molecular flexibility index (Phi) is 3.69. The highest BCUT2D eigenvalue weighted by Crippen LogP contribution is 2.79. The fourth-order valence-electron chi connectivity index (χ4n) is 7.55. The lowest BCUT2D eigenvalue weighted by molar-refractivity contribution is -0.123. The van der Waals surface area contributed by atoms with Crippen molar-refractivity contribution in [2.24, 2.45) is 33.2 Å². The van der Waals surface area contributed by atoms with Gasteiger partial charge in [-0.25, -0.2) is 0 Å². The van der Waals surface area contributed by atoms with Crippen molar-refractivity contribution in [3.8, 4) is 0 Å². The van der Waals surface area contributed by atoms with E-state index in [1.54, 1.807) is 0 Å². The summed E-state index contributed by atoms with van der Waals surface area (Å²) >= 11 is 0. The zero-order valence-corrected chi connectivity index (χ0v) is 16.6. The predicted molar refractivity (Wildman–Crippen MR) is 100 cm³/mol. The van der Waals surface area contributed by atoms with Crippen LogP contribution in [0.25, 0.3) is 0 Å². The second-order valence-electron chi connectivity index (χ2n) is 10.5. The maximum atomic E-state index is 6.41. The quantitative estimate of drug-likeness (QED) is 0.541. The highest BCUT2D eigenvalue weighted by Gasteiger charge is 2.74. The molecule has 24 heavy (non-hydrogen) atoms. The minimum atomic E-state index is -0.0632. The molecule has 0 aliphatic heterocycles. The summed E-state index contributed by atoms with van der Waals surface area (Å²) in [5, 5.41) is 4.71. The molecule has 0 unspecified atom stereocenters. The molecule has 1 spiro atoms. The molecule has 2 nitrogen and oxygen atoms in total. The van der Waals surface area contributed by atoms with Crippen LogP contribution < -0.4 is 0 Å². The molecule has 4 fully saturated rings. The monoisotopic (exact) mass is 331 g/mol. The first-order chi connectivity index (χ1) is 11.3. The summed E-state index contributed by atoms with van der Waals surface area (Å²) < 4.78 is 0. The van der Waals surface area contributed by atoms with Gasteiger partial charge in [0, 0.05) is 5.92 Å². The van der Waals surface area contributed by atoms with Gasteiger partial charge in [-0.2, -0.15) is 0 Å². The van der Waals surface area contributed by atoms with Crippen LogP contribution in [0.15, 0.2) is 5.16 Å². The van der Waals surface area contributed by atoms with Crippen LogP contribution in [0.2, 0.25) is 0 Å². The third kappa shape index (κ3) is 1.98. The number of hydrogen-bond donors (Lipinski definition) is 0. The molecule has 0 aromatic carbocycles. The summed E-state index contributed by atoms with van der Waals surface area (Å²) in [4.78, 5) is 6.41. The molecule has 136 valence electrons. The van der Waals surface area contributed by atoms with Crippen LogP contribution in [-0.4, -0.2) is 11.3 Å². The number of hydrogen-bond acceptors (Lipinski definition) is 2. The topological polar surface area (TPSA) is 21.6 Å². The van der Waals surface area contributed by atoms with E-state index in [4.69, 9.17) is 9.99 Å². The van der Waals surface area contributed by atoms with Crippen molar-refractivity contribution in [2.75, 3.05) is 0 Å². The molecule has 0 amide bonds. The van der Waals surface area contributed by atoms with Gasteiger partial charge < -0.3 is 4.84 Å². The summed E-state index contributed by atoms with van der Waals surface area (Å²) in [5.41, 5.74) is 2.63. The van der Waals surface area contributed by atoms with Gasteiger partial charge in [0.1, 0.15) is 5.60 Å². The molecule has 4 saturated carbocycles. The van der Waals surface area contributed by atoms with Gasteiger partial charge in [0.05, 0.1) is 5.71 Å². The van der Waals surface area contributed by atoms with E-state index in [2.05, 4.69) is 34.6 Å². The molecule has 4 aliphatic carbocycles. The fourth-order valence-corrected chi connectivity index (χ4v) is 7.55. The average Bonchev–Trinajstić information content (AvgIpc) is 2.91. The van der Waals surface area contributed by atoms with Crippen molar-refractivity contribution in [1.29, 1.82) is 0 Å². The number of fused-ring (bicyclic) bond motifs is 1. The van der Waals surface area contributed by atoms with E-state index in [9.17, 15) is 0 Å². The lowest BCUT2D eigenvalue weighted by atomic mass is 9.57. The van der Waals surface area contributed by atoms with Crippen LogP contribution in [0.3, 0.4) is 0 Å². The van der Waals surface area contributed by atoms with Crippen LogP contribution >= 0.6 is 0 Å². The highest BCUT2D eigenvalue weighted by molar-refractivity contribution is 5.84. The minimum absolute atomic E-state index is 0.0632. The maximum Gasteiger partial charge on any atom is 0.138 e. The van der Waals surface area contributed by atoms with Gasteiger partial charge in [-0.15, -0.1) is 0 Å². The number of rotatable bonds is 2. The Morgan fingerprint density at radius 1 is 0.958 bits per heavy atom. The van der Waals surface area contributed by atoms with Crippen LogP contribution in [0.5, 0.6) is 0 Å². The largest absolute Gasteiger partial charge is 0.389 e. The van der Waals surface area contributed by atoms with Crippen molar-refractivity contribution in [1.82, 2.24) is 0 Å². The van der Waals surface area contributed by atoms with Gasteiger partial charge in [-0.3, -0.25) is 0 Å². The zero-order valence-electron chi connectivity index (χ0n) is 16.6. The summed E-state index contributed by atoms with van der Waals surface area (Å²) in [5.74, 6) is 1.51. The normalized spacial score (nSPS) is 49.8. The van der Waals surface area contributed by atoms with Crippen molar-refractivity contribution in [3.63, 3.8) is 0 Å². The predicted octanol–water partition coefficient (Wildman–Crippen LogP) is 6.34. The molecule has 0 heterocycles. The Bertz CT molecular complexity index is 544. The maximum absolute atomic E-state index is 6.41. The van der Waals surface area contributed by atoms with Crippen LogP contribution in [-0.2, 0) is 4.84 Å².